The second-order valence-corrected chi connectivity index (χ2v) is 12.2. The van der Waals surface area contributed by atoms with Crippen LogP contribution >= 0.6 is 24.0 Å². The van der Waals surface area contributed by atoms with Gasteiger partial charge in [-0.1, -0.05) is 42.5 Å². The minimum atomic E-state index is -5.02. The molecular weight excluding hydrogens is 679 g/mol. The summed E-state index contributed by atoms with van der Waals surface area (Å²) in [6.45, 7) is 2.66. The largest absolute Gasteiger partial charge is 0.493 e. The third kappa shape index (κ3) is 8.81. The van der Waals surface area contributed by atoms with Gasteiger partial charge in [-0.2, -0.15) is 31.3 Å². The van der Waals surface area contributed by atoms with Gasteiger partial charge >= 0.3 is 12.4 Å². The van der Waals surface area contributed by atoms with Gasteiger partial charge in [-0.3, -0.25) is 4.79 Å². The molecule has 15 heteroatoms. The lowest BCUT2D eigenvalue weighted by Crippen LogP contribution is -2.52. The molecular formula is C33H30F6N4O3S2. The number of methoxy groups -OCH3 is 1. The number of carbonyl (C=O) groups excluding carboxylic acids is 1. The Bertz CT molecular complexity index is 1710. The number of benzene rings is 3. The molecule has 2 aliphatic rings. The number of thioether (sulfide) groups is 1. The number of ether oxygens (including phenoxy) is 2. The number of amides is 1. The predicted molar refractivity (Wildman–Crippen MR) is 176 cm³/mol. The van der Waals surface area contributed by atoms with E-state index in [0.717, 1.165) is 19.0 Å². The second kappa shape index (κ2) is 14.9. The lowest BCUT2D eigenvalue weighted by Gasteiger charge is -2.36. The van der Waals surface area contributed by atoms with E-state index in [1.165, 1.54) is 36.6 Å². The monoisotopic (exact) mass is 708 g/mol. The highest BCUT2D eigenvalue weighted by Gasteiger charge is 2.38. The number of alkyl halides is 6. The van der Waals surface area contributed by atoms with E-state index >= 15 is 0 Å². The van der Waals surface area contributed by atoms with Crippen LogP contribution < -0.4 is 14.8 Å². The zero-order chi connectivity index (χ0) is 34.5. The van der Waals surface area contributed by atoms with Gasteiger partial charge < -0.3 is 24.6 Å². The molecule has 1 N–H and O–H groups in total. The van der Waals surface area contributed by atoms with Crippen LogP contribution in [-0.2, 0) is 30.2 Å². The van der Waals surface area contributed by atoms with Crippen LogP contribution in [0.25, 0.3) is 6.08 Å². The van der Waals surface area contributed by atoms with Gasteiger partial charge in [0.25, 0.3) is 5.91 Å². The van der Waals surface area contributed by atoms with Crippen LogP contribution in [0.4, 0.5) is 26.3 Å². The molecule has 254 valence electrons. The molecule has 0 atom stereocenters. The van der Waals surface area contributed by atoms with Crippen molar-refractivity contribution in [2.45, 2.75) is 25.4 Å². The molecule has 1 saturated heterocycles. The molecule has 0 aliphatic carbocycles. The van der Waals surface area contributed by atoms with Crippen molar-refractivity contribution in [1.82, 2.24) is 15.1 Å². The molecule has 0 spiro atoms. The van der Waals surface area contributed by atoms with Gasteiger partial charge in [0, 0.05) is 38.3 Å². The van der Waals surface area contributed by atoms with Crippen molar-refractivity contribution >= 4 is 46.2 Å². The van der Waals surface area contributed by atoms with Crippen LogP contribution in [0.2, 0.25) is 0 Å². The minimum absolute atomic E-state index is 0.0675. The first kappa shape index (κ1) is 35.1. The van der Waals surface area contributed by atoms with E-state index in [9.17, 15) is 31.1 Å². The fourth-order valence-corrected chi connectivity index (χ4v) is 6.30. The van der Waals surface area contributed by atoms with Gasteiger partial charge in [0.15, 0.2) is 21.8 Å². The Labute approximate surface area is 282 Å². The predicted octanol–water partition coefficient (Wildman–Crippen LogP) is 7.02. The standard InChI is InChI=1S/C33H30F6N4O3S2/c1-45-27-17-22(7-10-26(27)46-20-23-8-9-24(32(34,35)36)19-25(23)33(37,38)39)18-28-29(44)41-31(48-28)43-15-13-42(14-16-43)30(47)40-12-11-21-5-3-2-4-6-21/h2-10,17-19H,11-16,20H2,1H3,(H,40,47)/b28-18+. The van der Waals surface area contributed by atoms with Crippen molar-refractivity contribution in [3.63, 3.8) is 0 Å². The fraction of sp³-hybridized carbons (Fsp3) is 0.303. The number of piperazine rings is 1. The Morgan fingerprint density at radius 3 is 2.35 bits per heavy atom. The lowest BCUT2D eigenvalue weighted by molar-refractivity contribution is -0.143. The number of aliphatic imine (C=N–C) groups is 1. The van der Waals surface area contributed by atoms with E-state index in [-0.39, 0.29) is 17.6 Å². The van der Waals surface area contributed by atoms with Crippen molar-refractivity contribution in [3.05, 3.63) is 99.5 Å². The van der Waals surface area contributed by atoms with E-state index in [1.807, 2.05) is 23.1 Å². The second-order valence-electron chi connectivity index (χ2n) is 10.8. The normalized spacial score (nSPS) is 16.3. The summed E-state index contributed by atoms with van der Waals surface area (Å²) in [5, 5.41) is 4.58. The van der Waals surface area contributed by atoms with Crippen molar-refractivity contribution in [3.8, 4) is 11.5 Å². The number of hydrogen-bond acceptors (Lipinski definition) is 6. The molecule has 3 aromatic carbocycles. The van der Waals surface area contributed by atoms with Gasteiger partial charge in [-0.25, -0.2) is 0 Å². The number of thiocarbonyl (C=S) groups is 1. The summed E-state index contributed by atoms with van der Waals surface area (Å²) < 4.78 is 90.6. The molecule has 7 nitrogen and oxygen atoms in total. The summed E-state index contributed by atoms with van der Waals surface area (Å²) in [5.74, 6) is -0.178. The Hall–Kier alpha value is -4.24. The molecule has 0 radical (unpaired) electrons. The summed E-state index contributed by atoms with van der Waals surface area (Å²) in [4.78, 5) is 21.5. The van der Waals surface area contributed by atoms with Crippen molar-refractivity contribution in [2.75, 3.05) is 39.8 Å². The van der Waals surface area contributed by atoms with E-state index in [0.29, 0.717) is 53.0 Å². The van der Waals surface area contributed by atoms with Gasteiger partial charge in [0.05, 0.1) is 23.1 Å². The number of halogens is 6. The van der Waals surface area contributed by atoms with Gasteiger partial charge in [-0.15, -0.1) is 0 Å². The summed E-state index contributed by atoms with van der Waals surface area (Å²) in [6.07, 6.45) is -7.47. The quantitative estimate of drug-likeness (QED) is 0.152. The van der Waals surface area contributed by atoms with Crippen molar-refractivity contribution in [1.29, 1.82) is 0 Å². The zero-order valence-electron chi connectivity index (χ0n) is 25.5. The van der Waals surface area contributed by atoms with E-state index < -0.39 is 41.6 Å². The maximum Gasteiger partial charge on any atom is 0.416 e. The summed E-state index contributed by atoms with van der Waals surface area (Å²) in [6, 6.07) is 16.1. The van der Waals surface area contributed by atoms with Gasteiger partial charge in [0.1, 0.15) is 6.61 Å². The van der Waals surface area contributed by atoms with Crippen molar-refractivity contribution in [2.24, 2.45) is 4.99 Å². The number of rotatable bonds is 8. The molecule has 2 aliphatic heterocycles. The average Bonchev–Trinajstić information content (AvgIpc) is 3.43. The molecule has 1 amide bonds. The number of nitrogens with one attached hydrogen (secondary N) is 1. The summed E-state index contributed by atoms with van der Waals surface area (Å²) >= 11 is 6.81. The van der Waals surface area contributed by atoms with Crippen LogP contribution in [0, 0.1) is 0 Å². The number of carbonyl (C=O) groups is 1. The third-order valence-corrected chi connectivity index (χ3v) is 9.04. The number of nitrogens with zero attached hydrogens (tertiary/aromatic N) is 3. The van der Waals surface area contributed by atoms with Crippen LogP contribution in [-0.4, -0.2) is 65.8 Å². The van der Waals surface area contributed by atoms with Crippen LogP contribution in [0.3, 0.4) is 0 Å². The van der Waals surface area contributed by atoms with Crippen molar-refractivity contribution < 1.29 is 40.6 Å². The maximum absolute atomic E-state index is 13.5. The molecule has 1 fully saturated rings. The van der Waals surface area contributed by atoms with Crippen LogP contribution in [0.5, 0.6) is 11.5 Å². The smallest absolute Gasteiger partial charge is 0.416 e. The molecule has 3 aromatic rings. The Balaban J connectivity index is 1.16. The molecule has 0 aromatic heterocycles. The molecule has 0 unspecified atom stereocenters. The van der Waals surface area contributed by atoms with Gasteiger partial charge in [-0.05, 0) is 71.9 Å². The van der Waals surface area contributed by atoms with E-state index in [1.54, 1.807) is 12.1 Å². The summed E-state index contributed by atoms with van der Waals surface area (Å²) in [5.41, 5.74) is -1.54. The maximum atomic E-state index is 13.5. The van der Waals surface area contributed by atoms with Gasteiger partial charge in [0.2, 0.25) is 0 Å². The minimum Gasteiger partial charge on any atom is -0.493 e. The lowest BCUT2D eigenvalue weighted by atomic mass is 10.0. The van der Waals surface area contributed by atoms with E-state index in [2.05, 4.69) is 27.3 Å². The highest BCUT2D eigenvalue weighted by Crippen LogP contribution is 2.39. The Morgan fingerprint density at radius 2 is 1.69 bits per heavy atom. The first-order valence-electron chi connectivity index (χ1n) is 14.7. The third-order valence-electron chi connectivity index (χ3n) is 7.59. The molecule has 5 rings (SSSR count). The highest BCUT2D eigenvalue weighted by atomic mass is 32.2. The molecule has 2 heterocycles. The number of amidine groups is 1. The molecule has 48 heavy (non-hydrogen) atoms. The first-order chi connectivity index (χ1) is 22.8. The topological polar surface area (TPSA) is 66.4 Å². The Morgan fingerprint density at radius 1 is 0.958 bits per heavy atom. The highest BCUT2D eigenvalue weighted by molar-refractivity contribution is 8.18. The first-order valence-corrected chi connectivity index (χ1v) is 16.0. The zero-order valence-corrected chi connectivity index (χ0v) is 27.2. The van der Waals surface area contributed by atoms with E-state index in [4.69, 9.17) is 21.7 Å². The SMILES string of the molecule is COc1cc(/C=C2/SC(N3CCN(C(=S)NCCc4ccccc4)CC3)=NC2=O)ccc1OCc1ccc(C(F)(F)F)cc1C(F)(F)F. The Kier molecular flexibility index (Phi) is 10.9. The number of hydrogen-bond donors (Lipinski definition) is 1. The fourth-order valence-electron chi connectivity index (χ4n) is 5.05. The molecule has 0 bridgehead atoms. The summed E-state index contributed by atoms with van der Waals surface area (Å²) in [7, 11) is 1.33. The van der Waals surface area contributed by atoms with Crippen LogP contribution in [0.15, 0.2) is 76.6 Å². The average molecular weight is 709 g/mol. The van der Waals surface area contributed by atoms with Crippen LogP contribution in [0.1, 0.15) is 27.8 Å². The molecule has 0 saturated carbocycles.